The Bertz CT molecular complexity index is 1300. The Morgan fingerprint density at radius 3 is 2.79 bits per heavy atom. The van der Waals surface area contributed by atoms with Gasteiger partial charge in [-0.2, -0.15) is 4.98 Å². The Labute approximate surface area is 190 Å². The maximum absolute atomic E-state index is 12.8. The molecule has 0 bridgehead atoms. The van der Waals surface area contributed by atoms with E-state index in [2.05, 4.69) is 35.5 Å². The number of nitrogens with zero attached hydrogens (tertiary/aromatic N) is 7. The third-order valence-corrected chi connectivity index (χ3v) is 5.13. The van der Waals surface area contributed by atoms with Crippen molar-refractivity contribution in [3.63, 3.8) is 0 Å². The van der Waals surface area contributed by atoms with Gasteiger partial charge in [-0.25, -0.2) is 9.97 Å². The first kappa shape index (κ1) is 20.7. The maximum Gasteiger partial charge on any atom is 0.275 e. The van der Waals surface area contributed by atoms with E-state index >= 15 is 0 Å². The molecular weight excluding hydrogens is 420 g/mol. The van der Waals surface area contributed by atoms with Crippen LogP contribution in [0, 0.1) is 0 Å². The second kappa shape index (κ2) is 8.73. The van der Waals surface area contributed by atoms with E-state index in [9.17, 15) is 4.79 Å². The summed E-state index contributed by atoms with van der Waals surface area (Å²) in [6, 6.07) is 10.4. The van der Waals surface area contributed by atoms with Gasteiger partial charge in [-0.15, -0.1) is 10.2 Å². The summed E-state index contributed by atoms with van der Waals surface area (Å²) in [5, 5.41) is 10.9. The van der Waals surface area contributed by atoms with Crippen molar-refractivity contribution in [1.82, 2.24) is 34.7 Å². The van der Waals surface area contributed by atoms with Crippen molar-refractivity contribution in [2.45, 2.75) is 38.6 Å². The van der Waals surface area contributed by atoms with E-state index in [0.29, 0.717) is 34.9 Å². The van der Waals surface area contributed by atoms with E-state index in [0.717, 1.165) is 18.7 Å². The molecule has 0 spiro atoms. The van der Waals surface area contributed by atoms with Gasteiger partial charge in [0.25, 0.3) is 5.91 Å². The highest BCUT2D eigenvalue weighted by molar-refractivity contribution is 6.02. The van der Waals surface area contributed by atoms with Crippen LogP contribution in [-0.4, -0.2) is 40.6 Å². The molecule has 0 radical (unpaired) electrons. The number of amides is 1. The van der Waals surface area contributed by atoms with E-state index in [4.69, 9.17) is 4.74 Å². The lowest BCUT2D eigenvalue weighted by Gasteiger charge is -2.11. The average molecular weight is 442 g/mol. The Hall–Kier alpha value is -4.21. The van der Waals surface area contributed by atoms with Gasteiger partial charge in [0.05, 0.1) is 0 Å². The van der Waals surface area contributed by atoms with Crippen LogP contribution in [-0.2, 0) is 0 Å². The summed E-state index contributed by atoms with van der Waals surface area (Å²) in [6.45, 7) is 4.07. The normalized spacial score (nSPS) is 13.2. The van der Waals surface area contributed by atoms with Gasteiger partial charge in [0.1, 0.15) is 35.1 Å². The summed E-state index contributed by atoms with van der Waals surface area (Å²) in [4.78, 5) is 30.2. The SMILES string of the molecule is CC(C)n1cnnc1-c1cccc(NC(=O)c2cc(Oc3ccnc(C4CC4)n3)ccn2)n1. The van der Waals surface area contributed by atoms with Crippen molar-refractivity contribution in [2.75, 3.05) is 5.32 Å². The van der Waals surface area contributed by atoms with Crippen molar-refractivity contribution < 1.29 is 9.53 Å². The van der Waals surface area contributed by atoms with Crippen LogP contribution in [0.1, 0.15) is 55.0 Å². The number of hydrogen-bond acceptors (Lipinski definition) is 8. The average Bonchev–Trinajstić information content (AvgIpc) is 3.55. The van der Waals surface area contributed by atoms with Crippen LogP contribution < -0.4 is 10.1 Å². The van der Waals surface area contributed by atoms with Gasteiger partial charge in [0.2, 0.25) is 5.88 Å². The van der Waals surface area contributed by atoms with E-state index in [1.54, 1.807) is 42.9 Å². The van der Waals surface area contributed by atoms with Gasteiger partial charge in [-0.3, -0.25) is 9.78 Å². The molecule has 5 rings (SSSR count). The number of pyridine rings is 2. The van der Waals surface area contributed by atoms with Crippen LogP contribution in [0.2, 0.25) is 0 Å². The molecule has 4 aromatic heterocycles. The zero-order chi connectivity index (χ0) is 22.8. The van der Waals surface area contributed by atoms with Gasteiger partial charge in [0, 0.05) is 36.5 Å². The Balaban J connectivity index is 1.31. The van der Waals surface area contributed by atoms with E-state index in [-0.39, 0.29) is 11.7 Å². The molecular formula is C23H22N8O2. The van der Waals surface area contributed by atoms with Crippen molar-refractivity contribution in [2.24, 2.45) is 0 Å². The summed E-state index contributed by atoms with van der Waals surface area (Å²) in [5.74, 6) is 2.72. The molecule has 0 atom stereocenters. The predicted octanol–water partition coefficient (Wildman–Crippen LogP) is 4.03. The van der Waals surface area contributed by atoms with E-state index in [1.165, 1.54) is 6.20 Å². The fraction of sp³-hybridized carbons (Fsp3) is 0.261. The number of hydrogen-bond donors (Lipinski definition) is 1. The standard InChI is InChI=1S/C23H22N8O2/c1-14(2)31-13-26-30-22(31)17-4-3-5-19(27-17)28-23(32)18-12-16(8-10-24-18)33-20-9-11-25-21(29-20)15-6-7-15/h3-5,8-15H,6-7H2,1-2H3,(H,27,28,32). The molecule has 4 heterocycles. The smallest absolute Gasteiger partial charge is 0.275 e. The maximum atomic E-state index is 12.8. The second-order valence-corrected chi connectivity index (χ2v) is 8.02. The Morgan fingerprint density at radius 2 is 1.97 bits per heavy atom. The zero-order valence-corrected chi connectivity index (χ0v) is 18.2. The van der Waals surface area contributed by atoms with Crippen LogP contribution in [0.4, 0.5) is 5.82 Å². The minimum absolute atomic E-state index is 0.178. The predicted molar refractivity (Wildman–Crippen MR) is 120 cm³/mol. The molecule has 1 fully saturated rings. The number of ether oxygens (including phenoxy) is 1. The molecule has 1 saturated carbocycles. The van der Waals surface area contributed by atoms with Crippen LogP contribution >= 0.6 is 0 Å². The molecule has 0 aliphatic heterocycles. The Morgan fingerprint density at radius 1 is 1.12 bits per heavy atom. The summed E-state index contributed by atoms with van der Waals surface area (Å²) >= 11 is 0. The zero-order valence-electron chi connectivity index (χ0n) is 18.2. The largest absolute Gasteiger partial charge is 0.439 e. The van der Waals surface area contributed by atoms with Crippen LogP contribution in [0.15, 0.2) is 55.1 Å². The Kier molecular flexibility index (Phi) is 5.47. The minimum atomic E-state index is -0.406. The molecule has 10 nitrogen and oxygen atoms in total. The lowest BCUT2D eigenvalue weighted by molar-refractivity contribution is 0.102. The van der Waals surface area contributed by atoms with Crippen LogP contribution in [0.3, 0.4) is 0 Å². The van der Waals surface area contributed by atoms with Crippen LogP contribution in [0.5, 0.6) is 11.6 Å². The molecule has 166 valence electrons. The first-order chi connectivity index (χ1) is 16.1. The summed E-state index contributed by atoms with van der Waals surface area (Å²) in [7, 11) is 0. The second-order valence-electron chi connectivity index (χ2n) is 8.02. The molecule has 0 saturated heterocycles. The number of carbonyl (C=O) groups excluding carboxylic acids is 1. The highest BCUT2D eigenvalue weighted by Gasteiger charge is 2.26. The highest BCUT2D eigenvalue weighted by Crippen LogP contribution is 2.38. The minimum Gasteiger partial charge on any atom is -0.439 e. The summed E-state index contributed by atoms with van der Waals surface area (Å²) in [5.41, 5.74) is 0.806. The molecule has 1 N–H and O–H groups in total. The van der Waals surface area contributed by atoms with Gasteiger partial charge in [-0.1, -0.05) is 6.07 Å². The topological polar surface area (TPSA) is 121 Å². The summed E-state index contributed by atoms with van der Waals surface area (Å²) in [6.07, 6.45) is 7.07. The molecule has 1 aliphatic carbocycles. The molecule has 33 heavy (non-hydrogen) atoms. The molecule has 1 aliphatic rings. The van der Waals surface area contributed by atoms with Gasteiger partial charge in [0.15, 0.2) is 5.82 Å². The summed E-state index contributed by atoms with van der Waals surface area (Å²) < 4.78 is 7.75. The third-order valence-electron chi connectivity index (χ3n) is 5.13. The van der Waals surface area contributed by atoms with Crippen LogP contribution in [0.25, 0.3) is 11.5 Å². The van der Waals surface area contributed by atoms with E-state index < -0.39 is 5.91 Å². The molecule has 4 aromatic rings. The molecule has 1 amide bonds. The first-order valence-corrected chi connectivity index (χ1v) is 10.7. The van der Waals surface area contributed by atoms with Crippen molar-refractivity contribution in [3.8, 4) is 23.1 Å². The monoisotopic (exact) mass is 442 g/mol. The van der Waals surface area contributed by atoms with Crippen molar-refractivity contribution in [3.05, 3.63) is 66.6 Å². The molecule has 0 aromatic carbocycles. The molecule has 0 unspecified atom stereocenters. The van der Waals surface area contributed by atoms with Gasteiger partial charge in [-0.05, 0) is 44.9 Å². The first-order valence-electron chi connectivity index (χ1n) is 10.7. The number of anilines is 1. The molecule has 10 heteroatoms. The van der Waals surface area contributed by atoms with E-state index in [1.807, 2.05) is 24.5 Å². The van der Waals surface area contributed by atoms with Crippen molar-refractivity contribution >= 4 is 11.7 Å². The quantitative estimate of drug-likeness (QED) is 0.455. The fourth-order valence-corrected chi connectivity index (χ4v) is 3.28. The highest BCUT2D eigenvalue weighted by atomic mass is 16.5. The number of aromatic nitrogens is 7. The van der Waals surface area contributed by atoms with Gasteiger partial charge < -0.3 is 14.6 Å². The third kappa shape index (κ3) is 4.69. The lowest BCUT2D eigenvalue weighted by atomic mass is 10.3. The fourth-order valence-electron chi connectivity index (χ4n) is 3.28. The number of nitrogens with one attached hydrogen (secondary N) is 1. The number of carbonyl (C=O) groups is 1. The lowest BCUT2D eigenvalue weighted by Crippen LogP contribution is -2.15. The van der Waals surface area contributed by atoms with Gasteiger partial charge >= 0.3 is 0 Å². The van der Waals surface area contributed by atoms with Crippen molar-refractivity contribution in [1.29, 1.82) is 0 Å². The number of rotatable bonds is 7.